The first kappa shape index (κ1) is 15.6. The quantitative estimate of drug-likeness (QED) is 0.458. The summed E-state index contributed by atoms with van der Waals surface area (Å²) in [5, 5.41) is 10.5. The highest BCUT2D eigenvalue weighted by Gasteiger charge is 2.16. The number of ether oxygens (including phenoxy) is 2. The summed E-state index contributed by atoms with van der Waals surface area (Å²) < 4.78 is 9.48. The van der Waals surface area contributed by atoms with Gasteiger partial charge in [-0.2, -0.15) is 0 Å². The van der Waals surface area contributed by atoms with E-state index in [1.165, 1.54) is 31.2 Å². The van der Waals surface area contributed by atoms with Gasteiger partial charge >= 0.3 is 11.9 Å². The average Bonchev–Trinajstić information content (AvgIpc) is 2.42. The Hall–Kier alpha value is -2.48. The van der Waals surface area contributed by atoms with Crippen LogP contribution < -0.4 is 5.73 Å². The molecular weight excluding hydrogens is 268 g/mol. The van der Waals surface area contributed by atoms with Crippen LogP contribution in [0.4, 0.5) is 5.69 Å². The van der Waals surface area contributed by atoms with Gasteiger partial charge in [0.1, 0.15) is 19.3 Å². The Labute approximate surface area is 114 Å². The van der Waals surface area contributed by atoms with E-state index in [0.717, 1.165) is 0 Å². The van der Waals surface area contributed by atoms with Gasteiger partial charge in [0.25, 0.3) is 5.69 Å². The molecule has 2 N–H and O–H groups in total. The molecule has 1 aromatic rings. The van der Waals surface area contributed by atoms with Gasteiger partial charge in [-0.15, -0.1) is 0 Å². The smallest absolute Gasteiger partial charge is 0.326 e. The standard InChI is InChI=1S/C12H14N2O6/c1-8(15)19-7-11(13)12(16)20-6-9-2-4-10(5-3-9)14(17)18/h2-5,11H,6-7,13H2,1H3/t11-/m1/s1. The number of non-ortho nitro benzene ring substituents is 1. The molecule has 8 nitrogen and oxygen atoms in total. The van der Waals surface area contributed by atoms with Crippen molar-refractivity contribution in [3.8, 4) is 0 Å². The number of hydrogen-bond donors (Lipinski definition) is 1. The molecule has 20 heavy (non-hydrogen) atoms. The summed E-state index contributed by atoms with van der Waals surface area (Å²) in [5.41, 5.74) is 5.99. The van der Waals surface area contributed by atoms with Crippen LogP contribution in [-0.2, 0) is 25.7 Å². The van der Waals surface area contributed by atoms with Crippen molar-refractivity contribution in [1.29, 1.82) is 0 Å². The van der Waals surface area contributed by atoms with Crippen molar-refractivity contribution in [2.24, 2.45) is 5.73 Å². The molecule has 0 spiro atoms. The number of carbonyl (C=O) groups excluding carboxylic acids is 2. The Kier molecular flexibility index (Phi) is 5.60. The maximum Gasteiger partial charge on any atom is 0.326 e. The lowest BCUT2D eigenvalue weighted by molar-refractivity contribution is -0.384. The zero-order chi connectivity index (χ0) is 15.1. The first-order chi connectivity index (χ1) is 9.40. The fourth-order valence-corrected chi connectivity index (χ4v) is 1.25. The Morgan fingerprint density at radius 2 is 1.90 bits per heavy atom. The molecule has 0 radical (unpaired) electrons. The number of benzene rings is 1. The summed E-state index contributed by atoms with van der Waals surface area (Å²) in [6.45, 7) is 0.883. The monoisotopic (exact) mass is 282 g/mol. The number of hydrogen-bond acceptors (Lipinski definition) is 7. The molecule has 1 atom stereocenters. The van der Waals surface area contributed by atoms with E-state index >= 15 is 0 Å². The number of nitro benzene ring substituents is 1. The molecule has 0 aliphatic rings. The molecule has 0 amide bonds. The third-order valence-corrected chi connectivity index (χ3v) is 2.30. The molecule has 0 fully saturated rings. The summed E-state index contributed by atoms with van der Waals surface area (Å²) in [6.07, 6.45) is 0. The number of esters is 2. The molecule has 8 heteroatoms. The van der Waals surface area contributed by atoms with Crippen molar-refractivity contribution in [3.63, 3.8) is 0 Å². The maximum atomic E-state index is 11.5. The average molecular weight is 282 g/mol. The predicted octanol–water partition coefficient (Wildman–Crippen LogP) is 0.528. The molecule has 0 saturated heterocycles. The van der Waals surface area contributed by atoms with Crippen LogP contribution in [0.1, 0.15) is 12.5 Å². The van der Waals surface area contributed by atoms with Gasteiger partial charge in [-0.1, -0.05) is 0 Å². The second-order valence-electron chi connectivity index (χ2n) is 3.94. The normalized spacial score (nSPS) is 11.5. The SMILES string of the molecule is CC(=O)OC[C@@H](N)C(=O)OCc1ccc([N+](=O)[O-])cc1. The van der Waals surface area contributed by atoms with E-state index in [0.29, 0.717) is 5.56 Å². The van der Waals surface area contributed by atoms with Crippen LogP contribution in [0, 0.1) is 10.1 Å². The summed E-state index contributed by atoms with van der Waals surface area (Å²) in [6, 6.07) is 4.51. The Morgan fingerprint density at radius 3 is 2.40 bits per heavy atom. The molecule has 0 unspecified atom stereocenters. The van der Waals surface area contributed by atoms with Crippen molar-refractivity contribution in [3.05, 3.63) is 39.9 Å². The minimum atomic E-state index is -1.06. The highest BCUT2D eigenvalue weighted by molar-refractivity contribution is 5.76. The Morgan fingerprint density at radius 1 is 1.30 bits per heavy atom. The topological polar surface area (TPSA) is 122 Å². The molecule has 0 aliphatic carbocycles. The van der Waals surface area contributed by atoms with E-state index in [2.05, 4.69) is 4.74 Å². The van der Waals surface area contributed by atoms with Crippen molar-refractivity contribution in [2.45, 2.75) is 19.6 Å². The van der Waals surface area contributed by atoms with Crippen molar-refractivity contribution in [2.75, 3.05) is 6.61 Å². The van der Waals surface area contributed by atoms with Crippen LogP contribution in [0.15, 0.2) is 24.3 Å². The predicted molar refractivity (Wildman–Crippen MR) is 67.5 cm³/mol. The zero-order valence-corrected chi connectivity index (χ0v) is 10.8. The minimum Gasteiger partial charge on any atom is -0.464 e. The van der Waals surface area contributed by atoms with Gasteiger partial charge in [0.15, 0.2) is 0 Å². The minimum absolute atomic E-state index is 0.0494. The summed E-state index contributed by atoms with van der Waals surface area (Å²) in [5.74, 6) is -1.26. The van der Waals surface area contributed by atoms with Gasteiger partial charge in [-0.05, 0) is 17.7 Å². The van der Waals surface area contributed by atoms with Crippen LogP contribution in [0.25, 0.3) is 0 Å². The molecular formula is C12H14N2O6. The van der Waals surface area contributed by atoms with Crippen molar-refractivity contribution >= 4 is 17.6 Å². The van der Waals surface area contributed by atoms with Gasteiger partial charge in [0.05, 0.1) is 4.92 Å². The molecule has 0 saturated carbocycles. The van der Waals surface area contributed by atoms with Gasteiger partial charge in [-0.3, -0.25) is 19.7 Å². The highest BCUT2D eigenvalue weighted by atomic mass is 16.6. The van der Waals surface area contributed by atoms with Gasteiger partial charge in [0, 0.05) is 19.1 Å². The van der Waals surface area contributed by atoms with E-state index in [-0.39, 0.29) is 18.9 Å². The van der Waals surface area contributed by atoms with Gasteiger partial charge in [-0.25, -0.2) is 0 Å². The Bertz CT molecular complexity index is 499. The fourth-order valence-electron chi connectivity index (χ4n) is 1.25. The van der Waals surface area contributed by atoms with Gasteiger partial charge in [0.2, 0.25) is 0 Å². The Balaban J connectivity index is 2.44. The van der Waals surface area contributed by atoms with Crippen molar-refractivity contribution in [1.82, 2.24) is 0 Å². The number of nitrogens with two attached hydrogens (primary N) is 1. The fraction of sp³-hybridized carbons (Fsp3) is 0.333. The second kappa shape index (κ2) is 7.19. The van der Waals surface area contributed by atoms with Crippen molar-refractivity contribution < 1.29 is 24.0 Å². The highest BCUT2D eigenvalue weighted by Crippen LogP contribution is 2.12. The molecule has 0 heterocycles. The molecule has 1 aromatic carbocycles. The van der Waals surface area contributed by atoms with Crippen LogP contribution in [0.5, 0.6) is 0 Å². The van der Waals surface area contributed by atoms with E-state index in [4.69, 9.17) is 10.5 Å². The first-order valence-corrected chi connectivity index (χ1v) is 5.69. The molecule has 0 bridgehead atoms. The summed E-state index contributed by atoms with van der Waals surface area (Å²) in [7, 11) is 0. The molecule has 0 aromatic heterocycles. The molecule has 108 valence electrons. The lowest BCUT2D eigenvalue weighted by atomic mass is 10.2. The lowest BCUT2D eigenvalue weighted by Gasteiger charge is -2.11. The van der Waals surface area contributed by atoms with Crippen LogP contribution in [0.3, 0.4) is 0 Å². The summed E-state index contributed by atoms with van der Waals surface area (Å²) in [4.78, 5) is 31.9. The maximum absolute atomic E-state index is 11.5. The zero-order valence-electron chi connectivity index (χ0n) is 10.8. The molecule has 1 rings (SSSR count). The third kappa shape index (κ3) is 5.02. The first-order valence-electron chi connectivity index (χ1n) is 5.69. The van der Waals surface area contributed by atoms with Crippen LogP contribution in [0.2, 0.25) is 0 Å². The number of nitrogens with zero attached hydrogens (tertiary/aromatic N) is 1. The van der Waals surface area contributed by atoms with Gasteiger partial charge < -0.3 is 15.2 Å². The van der Waals surface area contributed by atoms with Crippen LogP contribution >= 0.6 is 0 Å². The summed E-state index contributed by atoms with van der Waals surface area (Å²) >= 11 is 0. The number of nitro groups is 1. The lowest BCUT2D eigenvalue weighted by Crippen LogP contribution is -2.37. The van der Waals surface area contributed by atoms with E-state index in [9.17, 15) is 19.7 Å². The number of rotatable bonds is 6. The second-order valence-corrected chi connectivity index (χ2v) is 3.94. The third-order valence-electron chi connectivity index (χ3n) is 2.30. The molecule has 0 aliphatic heterocycles. The van der Waals surface area contributed by atoms with E-state index < -0.39 is 22.9 Å². The largest absolute Gasteiger partial charge is 0.464 e. The number of carbonyl (C=O) groups is 2. The van der Waals surface area contributed by atoms with Crippen LogP contribution in [-0.4, -0.2) is 29.5 Å². The van der Waals surface area contributed by atoms with E-state index in [1.54, 1.807) is 0 Å². The van der Waals surface area contributed by atoms with E-state index in [1.807, 2.05) is 0 Å².